The Morgan fingerprint density at radius 3 is 2.35 bits per heavy atom. The van der Waals surface area contributed by atoms with E-state index in [1.807, 2.05) is 6.20 Å². The van der Waals surface area contributed by atoms with Crippen molar-refractivity contribution in [2.45, 2.75) is 57.1 Å². The minimum atomic E-state index is -0.572. The van der Waals surface area contributed by atoms with Gasteiger partial charge >= 0.3 is 0 Å². The van der Waals surface area contributed by atoms with Crippen LogP contribution in [0.3, 0.4) is 0 Å². The van der Waals surface area contributed by atoms with Crippen LogP contribution in [0.5, 0.6) is 0 Å². The van der Waals surface area contributed by atoms with Gasteiger partial charge in [-0.25, -0.2) is 0 Å². The molecule has 0 radical (unpaired) electrons. The molecule has 110 valence electrons. The normalized spacial score (nSPS) is 40.2. The fraction of sp³-hybridized carbons (Fsp3) is 0.812. The van der Waals surface area contributed by atoms with Crippen molar-refractivity contribution in [1.29, 1.82) is 0 Å². The zero-order valence-corrected chi connectivity index (χ0v) is 12.3. The Labute approximate surface area is 120 Å². The number of hydrogen-bond acceptors (Lipinski definition) is 3. The summed E-state index contributed by atoms with van der Waals surface area (Å²) in [6.45, 7) is 2.37. The average molecular weight is 275 g/mol. The number of hydrogen-bond donors (Lipinski definition) is 2. The van der Waals surface area contributed by atoms with Crippen LogP contribution in [0.4, 0.5) is 0 Å². The molecule has 0 amide bonds. The van der Waals surface area contributed by atoms with Crippen LogP contribution >= 0.6 is 0 Å². The molecule has 3 N–H and O–H groups in total. The molecule has 1 atom stereocenters. The fourth-order valence-electron chi connectivity index (χ4n) is 5.68. The molecule has 1 aromatic heterocycles. The van der Waals surface area contributed by atoms with Gasteiger partial charge in [0, 0.05) is 17.8 Å². The molecule has 5 rings (SSSR count). The topological polar surface area (TPSA) is 64.1 Å². The second-order valence-electron chi connectivity index (χ2n) is 7.49. The van der Waals surface area contributed by atoms with Gasteiger partial charge in [-0.3, -0.25) is 4.68 Å². The summed E-state index contributed by atoms with van der Waals surface area (Å²) in [7, 11) is 0. The Morgan fingerprint density at radius 1 is 1.30 bits per heavy atom. The molecular weight excluding hydrogens is 250 g/mol. The average Bonchev–Trinajstić information content (AvgIpc) is 2.79. The second-order valence-corrected chi connectivity index (χ2v) is 7.49. The molecule has 0 saturated heterocycles. The standard InChI is InChI=1S/C16H25N3O/c1-10-14(15(20)8-17)9-18-19(10)16-5-11-2-12(6-16)4-13(3-11)7-16/h9,11-13,15,20H,2-8,17H2,1H3. The zero-order chi connectivity index (χ0) is 13.9. The lowest BCUT2D eigenvalue weighted by atomic mass is 9.53. The molecule has 1 heterocycles. The van der Waals surface area contributed by atoms with E-state index in [0.717, 1.165) is 29.0 Å². The number of aromatic nitrogens is 2. The molecule has 0 spiro atoms. The maximum absolute atomic E-state index is 10.0. The van der Waals surface area contributed by atoms with Crippen molar-refractivity contribution in [3.8, 4) is 0 Å². The highest BCUT2D eigenvalue weighted by atomic mass is 16.3. The smallest absolute Gasteiger partial charge is 0.0945 e. The van der Waals surface area contributed by atoms with E-state index in [2.05, 4.69) is 16.7 Å². The van der Waals surface area contributed by atoms with Crippen LogP contribution < -0.4 is 5.73 Å². The molecule has 0 aliphatic heterocycles. The summed E-state index contributed by atoms with van der Waals surface area (Å²) in [5.41, 5.74) is 7.89. The lowest BCUT2D eigenvalue weighted by molar-refractivity contribution is -0.0504. The Bertz CT molecular complexity index is 487. The van der Waals surface area contributed by atoms with E-state index in [9.17, 15) is 5.11 Å². The van der Waals surface area contributed by atoms with Crippen molar-refractivity contribution in [2.24, 2.45) is 23.5 Å². The van der Waals surface area contributed by atoms with E-state index < -0.39 is 6.10 Å². The van der Waals surface area contributed by atoms with Crippen LogP contribution in [0.25, 0.3) is 0 Å². The van der Waals surface area contributed by atoms with E-state index in [1.54, 1.807) is 0 Å². The van der Waals surface area contributed by atoms with Crippen molar-refractivity contribution in [3.05, 3.63) is 17.5 Å². The summed E-state index contributed by atoms with van der Waals surface area (Å²) in [6, 6.07) is 0. The molecule has 4 nitrogen and oxygen atoms in total. The third-order valence-corrected chi connectivity index (χ3v) is 6.09. The van der Waals surface area contributed by atoms with Gasteiger partial charge in [0.25, 0.3) is 0 Å². The van der Waals surface area contributed by atoms with Crippen LogP contribution in [0.15, 0.2) is 6.20 Å². The van der Waals surface area contributed by atoms with Crippen LogP contribution in [0.1, 0.15) is 55.9 Å². The molecule has 4 aliphatic rings. The van der Waals surface area contributed by atoms with E-state index in [1.165, 1.54) is 38.5 Å². The highest BCUT2D eigenvalue weighted by molar-refractivity contribution is 5.22. The van der Waals surface area contributed by atoms with Crippen LogP contribution in [-0.2, 0) is 5.54 Å². The van der Waals surface area contributed by atoms with E-state index in [0.29, 0.717) is 0 Å². The van der Waals surface area contributed by atoms with E-state index >= 15 is 0 Å². The fourth-order valence-corrected chi connectivity index (χ4v) is 5.68. The van der Waals surface area contributed by atoms with Crippen molar-refractivity contribution >= 4 is 0 Å². The minimum Gasteiger partial charge on any atom is -0.387 e. The first kappa shape index (κ1) is 12.8. The first-order valence-corrected chi connectivity index (χ1v) is 8.04. The molecule has 20 heavy (non-hydrogen) atoms. The number of aliphatic hydroxyl groups excluding tert-OH is 1. The Balaban J connectivity index is 1.72. The number of nitrogens with zero attached hydrogens (tertiary/aromatic N) is 2. The molecule has 4 fully saturated rings. The molecule has 0 aromatic carbocycles. The predicted octanol–water partition coefficient (Wildman–Crippen LogP) is 2.11. The first-order valence-electron chi connectivity index (χ1n) is 8.04. The summed E-state index contributed by atoms with van der Waals surface area (Å²) in [5, 5.41) is 14.7. The van der Waals surface area contributed by atoms with E-state index in [4.69, 9.17) is 5.73 Å². The van der Waals surface area contributed by atoms with Gasteiger partial charge in [0.15, 0.2) is 0 Å². The largest absolute Gasteiger partial charge is 0.387 e. The second kappa shape index (κ2) is 4.31. The molecule has 4 aliphatic carbocycles. The quantitative estimate of drug-likeness (QED) is 0.888. The summed E-state index contributed by atoms with van der Waals surface area (Å²) < 4.78 is 2.26. The summed E-state index contributed by atoms with van der Waals surface area (Å²) in [6.07, 6.45) is 9.47. The van der Waals surface area contributed by atoms with Crippen molar-refractivity contribution in [1.82, 2.24) is 9.78 Å². The molecule has 4 heteroatoms. The number of nitrogens with two attached hydrogens (primary N) is 1. The third kappa shape index (κ3) is 1.70. The van der Waals surface area contributed by atoms with Gasteiger partial charge in [0.1, 0.15) is 0 Å². The highest BCUT2D eigenvalue weighted by Gasteiger charge is 2.52. The van der Waals surface area contributed by atoms with Crippen LogP contribution in [0, 0.1) is 24.7 Å². The Morgan fingerprint density at radius 2 is 1.85 bits per heavy atom. The molecule has 4 saturated carbocycles. The van der Waals surface area contributed by atoms with Gasteiger partial charge < -0.3 is 10.8 Å². The molecule has 1 aromatic rings. The number of aliphatic hydroxyl groups is 1. The third-order valence-electron chi connectivity index (χ3n) is 6.09. The molecular formula is C16H25N3O. The number of rotatable bonds is 3. The van der Waals surface area contributed by atoms with Crippen LogP contribution in [0.2, 0.25) is 0 Å². The predicted molar refractivity (Wildman–Crippen MR) is 77.1 cm³/mol. The zero-order valence-electron chi connectivity index (χ0n) is 12.3. The summed E-state index contributed by atoms with van der Waals surface area (Å²) in [4.78, 5) is 0. The summed E-state index contributed by atoms with van der Waals surface area (Å²) >= 11 is 0. The lowest BCUT2D eigenvalue weighted by Crippen LogP contribution is -2.52. The van der Waals surface area contributed by atoms with Gasteiger partial charge in [-0.1, -0.05) is 0 Å². The maximum Gasteiger partial charge on any atom is 0.0945 e. The summed E-state index contributed by atoms with van der Waals surface area (Å²) in [5.74, 6) is 2.73. The maximum atomic E-state index is 10.0. The first-order chi connectivity index (χ1) is 9.61. The highest BCUT2D eigenvalue weighted by Crippen LogP contribution is 2.58. The van der Waals surface area contributed by atoms with Gasteiger partial charge in [0.2, 0.25) is 0 Å². The van der Waals surface area contributed by atoms with Gasteiger partial charge in [-0.05, 0) is 63.2 Å². The SMILES string of the molecule is Cc1c(C(O)CN)cnn1C12CC3CC(CC(C3)C1)C2. The van der Waals surface area contributed by atoms with Gasteiger partial charge in [-0.2, -0.15) is 5.10 Å². The van der Waals surface area contributed by atoms with Crippen LogP contribution in [-0.4, -0.2) is 21.4 Å². The van der Waals surface area contributed by atoms with E-state index in [-0.39, 0.29) is 12.1 Å². The monoisotopic (exact) mass is 275 g/mol. The molecule has 4 bridgehead atoms. The van der Waals surface area contributed by atoms with Crippen molar-refractivity contribution in [3.63, 3.8) is 0 Å². The lowest BCUT2D eigenvalue weighted by Gasteiger charge is -2.57. The Kier molecular flexibility index (Phi) is 2.77. The van der Waals surface area contributed by atoms with Crippen molar-refractivity contribution < 1.29 is 5.11 Å². The minimum absolute atomic E-state index is 0.241. The van der Waals surface area contributed by atoms with Gasteiger partial charge in [-0.15, -0.1) is 0 Å². The van der Waals surface area contributed by atoms with Crippen molar-refractivity contribution in [2.75, 3.05) is 6.54 Å². The molecule has 1 unspecified atom stereocenters. The Hall–Kier alpha value is -0.870. The van der Waals surface area contributed by atoms with Gasteiger partial charge in [0.05, 0.1) is 17.8 Å².